The molecule has 0 saturated carbocycles. The van der Waals surface area contributed by atoms with E-state index in [1.165, 1.54) is 9.47 Å². The number of carbonyl (C=O) groups excluding carboxylic acids is 1. The number of benzene rings is 4. The molecule has 1 heterocycles. The van der Waals surface area contributed by atoms with Crippen molar-refractivity contribution in [1.82, 2.24) is 14.5 Å². The van der Waals surface area contributed by atoms with Crippen molar-refractivity contribution in [2.75, 3.05) is 19.8 Å². The lowest BCUT2D eigenvalue weighted by Gasteiger charge is -2.31. The Kier molecular flexibility index (Phi) is 9.25. The van der Waals surface area contributed by atoms with E-state index in [0.717, 1.165) is 22.3 Å². The SMILES string of the molecule is Cc1ccc(-n2c([C@@H](C)N(CCOCC(F)(F)F)C(=O)Cc3ccc(-c4ccccc4)cc3)nc3ccccc3c2=O)cc1. The number of hydrogen-bond acceptors (Lipinski definition) is 4. The van der Waals surface area contributed by atoms with Crippen molar-refractivity contribution in [1.29, 1.82) is 0 Å². The lowest BCUT2D eigenvalue weighted by Crippen LogP contribution is -2.40. The molecule has 0 saturated heterocycles. The van der Waals surface area contributed by atoms with E-state index in [0.29, 0.717) is 22.4 Å². The second kappa shape index (κ2) is 13.3. The van der Waals surface area contributed by atoms with Crippen LogP contribution in [0.2, 0.25) is 0 Å². The number of alkyl halides is 3. The Balaban J connectivity index is 1.50. The zero-order valence-corrected chi connectivity index (χ0v) is 24.4. The molecule has 0 aliphatic carbocycles. The first-order valence-electron chi connectivity index (χ1n) is 14.3. The van der Waals surface area contributed by atoms with Crippen molar-refractivity contribution in [3.8, 4) is 16.8 Å². The predicted molar refractivity (Wildman–Crippen MR) is 165 cm³/mol. The first-order valence-corrected chi connectivity index (χ1v) is 14.3. The lowest BCUT2D eigenvalue weighted by atomic mass is 10.0. The summed E-state index contributed by atoms with van der Waals surface area (Å²) in [6.07, 6.45) is -4.49. The largest absolute Gasteiger partial charge is 0.411 e. The number of hydrogen-bond donors (Lipinski definition) is 0. The zero-order valence-electron chi connectivity index (χ0n) is 24.4. The molecular weight excluding hydrogens is 567 g/mol. The first-order chi connectivity index (χ1) is 21.1. The molecule has 0 bridgehead atoms. The molecule has 1 atom stereocenters. The van der Waals surface area contributed by atoms with Gasteiger partial charge >= 0.3 is 6.18 Å². The summed E-state index contributed by atoms with van der Waals surface area (Å²) >= 11 is 0. The molecule has 9 heteroatoms. The van der Waals surface area contributed by atoms with Crippen LogP contribution < -0.4 is 5.56 Å². The zero-order chi connectivity index (χ0) is 31.3. The van der Waals surface area contributed by atoms with Gasteiger partial charge in [0.2, 0.25) is 5.91 Å². The second-order valence-electron chi connectivity index (χ2n) is 10.6. The van der Waals surface area contributed by atoms with E-state index in [1.54, 1.807) is 43.3 Å². The van der Waals surface area contributed by atoms with E-state index < -0.39 is 18.8 Å². The smallest absolute Gasteiger partial charge is 0.370 e. The maximum Gasteiger partial charge on any atom is 0.411 e. The summed E-state index contributed by atoms with van der Waals surface area (Å²) in [7, 11) is 0. The van der Waals surface area contributed by atoms with Crippen molar-refractivity contribution in [2.24, 2.45) is 0 Å². The molecule has 4 aromatic carbocycles. The maximum absolute atomic E-state index is 13.8. The van der Waals surface area contributed by atoms with Crippen molar-refractivity contribution < 1.29 is 22.7 Å². The molecule has 0 aliphatic rings. The van der Waals surface area contributed by atoms with Crippen LogP contribution in [0.1, 0.15) is 29.9 Å². The summed E-state index contributed by atoms with van der Waals surface area (Å²) in [5.74, 6) is -0.0421. The second-order valence-corrected chi connectivity index (χ2v) is 10.6. The summed E-state index contributed by atoms with van der Waals surface area (Å²) in [4.78, 5) is 33.9. The molecule has 0 radical (unpaired) electrons. The van der Waals surface area contributed by atoms with Gasteiger partial charge in [0, 0.05) is 6.54 Å². The molecule has 5 rings (SSSR count). The van der Waals surface area contributed by atoms with Gasteiger partial charge < -0.3 is 9.64 Å². The van der Waals surface area contributed by atoms with Crippen LogP contribution in [-0.4, -0.2) is 46.3 Å². The number of amides is 1. The number of carbonyl (C=O) groups is 1. The van der Waals surface area contributed by atoms with Crippen molar-refractivity contribution >= 4 is 16.8 Å². The van der Waals surface area contributed by atoms with Crippen LogP contribution in [-0.2, 0) is 16.0 Å². The summed E-state index contributed by atoms with van der Waals surface area (Å²) in [5, 5.41) is 0.411. The molecule has 226 valence electrons. The predicted octanol–water partition coefficient (Wildman–Crippen LogP) is 7.07. The first kappa shape index (κ1) is 30.7. The Hall–Kier alpha value is -4.76. The van der Waals surface area contributed by atoms with Crippen LogP contribution in [0.15, 0.2) is 108 Å². The molecule has 0 spiro atoms. The summed E-state index contributed by atoms with van der Waals surface area (Å²) in [6.45, 7) is 1.76. The summed E-state index contributed by atoms with van der Waals surface area (Å²) < 4.78 is 44.8. The Morgan fingerprint density at radius 3 is 2.20 bits per heavy atom. The molecule has 0 N–H and O–H groups in total. The molecule has 1 aromatic heterocycles. The number of halogens is 3. The number of rotatable bonds is 10. The highest BCUT2D eigenvalue weighted by molar-refractivity contribution is 5.80. The van der Waals surface area contributed by atoms with E-state index in [4.69, 9.17) is 9.72 Å². The normalized spacial score (nSPS) is 12.3. The minimum atomic E-state index is -4.49. The third-order valence-electron chi connectivity index (χ3n) is 7.41. The van der Waals surface area contributed by atoms with Gasteiger partial charge in [0.1, 0.15) is 12.4 Å². The third kappa shape index (κ3) is 7.23. The van der Waals surface area contributed by atoms with Gasteiger partial charge in [-0.3, -0.25) is 14.2 Å². The molecule has 0 aliphatic heterocycles. The summed E-state index contributed by atoms with van der Waals surface area (Å²) in [6, 6.07) is 30.9. The summed E-state index contributed by atoms with van der Waals surface area (Å²) in [5.41, 5.74) is 4.50. The van der Waals surface area contributed by atoms with E-state index in [9.17, 15) is 22.8 Å². The minimum Gasteiger partial charge on any atom is -0.370 e. The van der Waals surface area contributed by atoms with Gasteiger partial charge in [-0.15, -0.1) is 0 Å². The van der Waals surface area contributed by atoms with Gasteiger partial charge in [-0.2, -0.15) is 13.2 Å². The Morgan fingerprint density at radius 2 is 1.52 bits per heavy atom. The van der Waals surface area contributed by atoms with Crippen LogP contribution in [0, 0.1) is 6.92 Å². The average Bonchev–Trinajstić information content (AvgIpc) is 3.01. The molecule has 0 unspecified atom stereocenters. The number of nitrogens with zero attached hydrogens (tertiary/aromatic N) is 3. The lowest BCUT2D eigenvalue weighted by molar-refractivity contribution is -0.175. The van der Waals surface area contributed by atoms with Crippen molar-refractivity contribution in [2.45, 2.75) is 32.5 Å². The van der Waals surface area contributed by atoms with Gasteiger partial charge in [0.05, 0.1) is 35.7 Å². The molecule has 1 amide bonds. The van der Waals surface area contributed by atoms with Crippen LogP contribution in [0.4, 0.5) is 13.2 Å². The minimum absolute atomic E-state index is 0.00102. The van der Waals surface area contributed by atoms with Gasteiger partial charge in [0.15, 0.2) is 0 Å². The Labute approximate surface area is 253 Å². The van der Waals surface area contributed by atoms with Crippen molar-refractivity contribution in [3.05, 3.63) is 130 Å². The van der Waals surface area contributed by atoms with E-state index in [1.807, 2.05) is 73.7 Å². The highest BCUT2D eigenvalue weighted by atomic mass is 19.4. The van der Waals surface area contributed by atoms with E-state index in [2.05, 4.69) is 0 Å². The number of fused-ring (bicyclic) bond motifs is 1. The Morgan fingerprint density at radius 1 is 0.886 bits per heavy atom. The quantitative estimate of drug-likeness (QED) is 0.161. The number of aromatic nitrogens is 2. The fraction of sp³-hybridized carbons (Fsp3) is 0.229. The molecule has 0 fully saturated rings. The molecular formula is C35H32F3N3O3. The molecule has 5 aromatic rings. The highest BCUT2D eigenvalue weighted by Crippen LogP contribution is 2.25. The fourth-order valence-corrected chi connectivity index (χ4v) is 5.12. The number of aryl methyl sites for hydroxylation is 1. The van der Waals surface area contributed by atoms with Crippen LogP contribution in [0.3, 0.4) is 0 Å². The van der Waals surface area contributed by atoms with E-state index in [-0.39, 0.29) is 31.0 Å². The molecule has 6 nitrogen and oxygen atoms in total. The van der Waals surface area contributed by atoms with Crippen molar-refractivity contribution in [3.63, 3.8) is 0 Å². The average molecular weight is 600 g/mol. The van der Waals surface area contributed by atoms with E-state index >= 15 is 0 Å². The monoisotopic (exact) mass is 599 g/mol. The van der Waals surface area contributed by atoms with Gasteiger partial charge in [0.25, 0.3) is 5.56 Å². The highest BCUT2D eigenvalue weighted by Gasteiger charge is 2.29. The van der Waals surface area contributed by atoms with Crippen LogP contribution >= 0.6 is 0 Å². The third-order valence-corrected chi connectivity index (χ3v) is 7.41. The molecule has 44 heavy (non-hydrogen) atoms. The van der Waals surface area contributed by atoms with Gasteiger partial charge in [-0.05, 0) is 54.8 Å². The topological polar surface area (TPSA) is 64.4 Å². The van der Waals surface area contributed by atoms with Gasteiger partial charge in [-0.1, -0.05) is 84.4 Å². The maximum atomic E-state index is 13.8. The Bertz CT molecular complexity index is 1790. The van der Waals surface area contributed by atoms with Crippen LogP contribution in [0.5, 0.6) is 0 Å². The van der Waals surface area contributed by atoms with Crippen LogP contribution in [0.25, 0.3) is 27.7 Å². The number of ether oxygens (including phenoxy) is 1. The number of para-hydroxylation sites is 1. The fourth-order valence-electron chi connectivity index (χ4n) is 5.12. The standard InChI is InChI=1S/C35H32F3N3O3/c1-24-12-18-29(19-13-24)41-33(39-31-11-7-6-10-30(31)34(41)43)25(2)40(20-21-44-23-35(36,37)38)32(42)22-26-14-16-28(17-15-26)27-8-4-3-5-9-27/h3-19,25H,20-23H2,1-2H3/t25-/m1/s1. The van der Waals surface area contributed by atoms with Gasteiger partial charge in [-0.25, -0.2) is 4.98 Å².